The molecular formula is C36H34FN7O4. The average molecular weight is 648 g/mol. The quantitative estimate of drug-likeness (QED) is 0.160. The smallest absolute Gasteiger partial charge is 0.412 e. The highest BCUT2D eigenvalue weighted by molar-refractivity contribution is 5.94. The largest absolute Gasteiger partial charge is 0.497 e. The molecule has 48 heavy (non-hydrogen) atoms. The third-order valence-corrected chi connectivity index (χ3v) is 7.18. The highest BCUT2D eigenvalue weighted by Crippen LogP contribution is 2.36. The molecule has 12 heteroatoms. The fourth-order valence-electron chi connectivity index (χ4n) is 5.00. The zero-order valence-corrected chi connectivity index (χ0v) is 27.1. The van der Waals surface area contributed by atoms with Crippen LogP contribution < -0.4 is 20.1 Å². The number of fused-ring (bicyclic) bond motifs is 1. The number of halogens is 1. The Kier molecular flexibility index (Phi) is 8.89. The number of carbonyl (C=O) groups excluding carboxylic acids is 1. The van der Waals surface area contributed by atoms with Gasteiger partial charge in [0.25, 0.3) is 0 Å². The van der Waals surface area contributed by atoms with Crippen molar-refractivity contribution in [3.8, 4) is 34.5 Å². The van der Waals surface area contributed by atoms with E-state index >= 15 is 4.39 Å². The maximum absolute atomic E-state index is 15.7. The van der Waals surface area contributed by atoms with Crippen LogP contribution in [0.3, 0.4) is 0 Å². The summed E-state index contributed by atoms with van der Waals surface area (Å²) in [5.41, 5.74) is 4.94. The van der Waals surface area contributed by atoms with Crippen LogP contribution in [-0.4, -0.2) is 43.3 Å². The van der Waals surface area contributed by atoms with Crippen molar-refractivity contribution in [2.45, 2.75) is 39.8 Å². The molecule has 0 fully saturated rings. The normalized spacial score (nSPS) is 11.3. The fourth-order valence-corrected chi connectivity index (χ4v) is 5.00. The first-order valence-corrected chi connectivity index (χ1v) is 15.2. The second-order valence-corrected chi connectivity index (χ2v) is 11.9. The highest BCUT2D eigenvalue weighted by atomic mass is 19.1. The number of carbonyl (C=O) groups is 1. The monoisotopic (exact) mass is 647 g/mol. The summed E-state index contributed by atoms with van der Waals surface area (Å²) in [6, 6.07) is 23.3. The van der Waals surface area contributed by atoms with Gasteiger partial charge in [-0.1, -0.05) is 24.3 Å². The minimum Gasteiger partial charge on any atom is -0.497 e. The number of benzene rings is 3. The summed E-state index contributed by atoms with van der Waals surface area (Å²) in [7, 11) is 1.62. The van der Waals surface area contributed by atoms with Gasteiger partial charge in [0, 0.05) is 35.9 Å². The average Bonchev–Trinajstić information content (AvgIpc) is 3.45. The zero-order valence-electron chi connectivity index (χ0n) is 27.1. The molecule has 0 saturated carbocycles. The number of hydrogen-bond donors (Lipinski definition) is 2. The third kappa shape index (κ3) is 7.33. The second-order valence-electron chi connectivity index (χ2n) is 11.9. The van der Waals surface area contributed by atoms with Crippen LogP contribution in [0.25, 0.3) is 28.0 Å². The van der Waals surface area contributed by atoms with Crippen molar-refractivity contribution in [3.05, 3.63) is 108 Å². The van der Waals surface area contributed by atoms with Gasteiger partial charge in [-0.3, -0.25) is 5.32 Å². The number of aryl methyl sites for hydroxylation is 1. The Bertz CT molecular complexity index is 2070. The maximum Gasteiger partial charge on any atom is 0.412 e. The molecule has 0 radical (unpaired) electrons. The summed E-state index contributed by atoms with van der Waals surface area (Å²) in [5, 5.41) is 6.17. The van der Waals surface area contributed by atoms with Crippen LogP contribution >= 0.6 is 0 Å². The van der Waals surface area contributed by atoms with Crippen molar-refractivity contribution >= 4 is 28.6 Å². The van der Waals surface area contributed by atoms with Gasteiger partial charge >= 0.3 is 12.1 Å². The molecule has 0 unspecified atom stereocenters. The number of ether oxygens (including phenoxy) is 3. The molecule has 3 heterocycles. The van der Waals surface area contributed by atoms with E-state index < -0.39 is 17.5 Å². The van der Waals surface area contributed by atoms with Gasteiger partial charge in [-0.25, -0.2) is 29.1 Å². The molecule has 0 aliphatic carbocycles. The molecule has 244 valence electrons. The summed E-state index contributed by atoms with van der Waals surface area (Å²) in [4.78, 5) is 29.8. The van der Waals surface area contributed by atoms with Gasteiger partial charge in [0.05, 0.1) is 18.3 Å². The number of amides is 1. The van der Waals surface area contributed by atoms with Crippen molar-refractivity contribution in [1.82, 2.24) is 24.5 Å². The number of nitrogens with zero attached hydrogens (tertiary/aromatic N) is 5. The van der Waals surface area contributed by atoms with Crippen LogP contribution in [0, 0.1) is 12.7 Å². The Morgan fingerprint density at radius 1 is 0.938 bits per heavy atom. The first-order chi connectivity index (χ1) is 23.1. The van der Waals surface area contributed by atoms with Crippen molar-refractivity contribution < 1.29 is 23.4 Å². The summed E-state index contributed by atoms with van der Waals surface area (Å²) >= 11 is 0. The van der Waals surface area contributed by atoms with Crippen molar-refractivity contribution in [3.63, 3.8) is 0 Å². The van der Waals surface area contributed by atoms with E-state index in [1.165, 1.54) is 18.5 Å². The number of hydrogen-bond acceptors (Lipinski definition) is 9. The standard InChI is InChI=1S/C36H34FN7O4/c1-22-16-17-38-34(42-22)47-31-15-12-26(18-28(31)37)44-30(24-8-10-25(11-9-24)43-35(45)48-36(2,3)4)19-29-32(44)33(41-21-40-29)39-20-23-6-13-27(46-5)14-7-23/h6-19,21H,20H2,1-5H3,(H,43,45)(H,39,40,41). The first-order valence-electron chi connectivity index (χ1n) is 15.2. The molecule has 11 nitrogen and oxygen atoms in total. The molecule has 0 spiro atoms. The van der Waals surface area contributed by atoms with Gasteiger partial charge < -0.3 is 24.1 Å². The Morgan fingerprint density at radius 3 is 2.40 bits per heavy atom. The summed E-state index contributed by atoms with van der Waals surface area (Å²) in [6.07, 6.45) is 2.48. The number of methoxy groups -OCH3 is 1. The molecule has 6 rings (SSSR count). The molecule has 0 aliphatic rings. The van der Waals surface area contributed by atoms with E-state index in [1.807, 2.05) is 47.0 Å². The summed E-state index contributed by atoms with van der Waals surface area (Å²) in [6.45, 7) is 7.68. The SMILES string of the molecule is COc1ccc(CNc2ncnc3cc(-c4ccc(NC(=O)OC(C)(C)C)cc4)n(-c4ccc(Oc5nccc(C)n5)c(F)c4)c23)cc1. The first kappa shape index (κ1) is 31.9. The molecule has 0 atom stereocenters. The van der Waals surface area contributed by atoms with E-state index in [0.29, 0.717) is 40.5 Å². The molecule has 3 aromatic heterocycles. The van der Waals surface area contributed by atoms with Gasteiger partial charge in [0.15, 0.2) is 17.4 Å². The lowest BCUT2D eigenvalue weighted by Gasteiger charge is -2.19. The fraction of sp³-hybridized carbons (Fsp3) is 0.194. The number of anilines is 2. The molecule has 0 saturated heterocycles. The lowest BCUT2D eigenvalue weighted by molar-refractivity contribution is 0.0636. The lowest BCUT2D eigenvalue weighted by atomic mass is 10.1. The minimum atomic E-state index is -0.631. The van der Waals surface area contributed by atoms with Crippen LogP contribution in [0.2, 0.25) is 0 Å². The molecule has 2 N–H and O–H groups in total. The van der Waals surface area contributed by atoms with E-state index in [0.717, 1.165) is 22.6 Å². The summed E-state index contributed by atoms with van der Waals surface area (Å²) in [5.74, 6) is 0.692. The van der Waals surface area contributed by atoms with E-state index in [4.69, 9.17) is 14.2 Å². The minimum absolute atomic E-state index is 0.0194. The van der Waals surface area contributed by atoms with E-state index in [-0.39, 0.29) is 11.8 Å². The Balaban J connectivity index is 1.40. The molecule has 0 aliphatic heterocycles. The van der Waals surface area contributed by atoms with Crippen LogP contribution in [0.4, 0.5) is 20.7 Å². The zero-order chi connectivity index (χ0) is 33.8. The third-order valence-electron chi connectivity index (χ3n) is 7.18. The van der Waals surface area contributed by atoms with Gasteiger partial charge in [-0.2, -0.15) is 0 Å². The van der Waals surface area contributed by atoms with Crippen LogP contribution in [-0.2, 0) is 11.3 Å². The predicted octanol–water partition coefficient (Wildman–Crippen LogP) is 8.09. The topological polar surface area (TPSA) is 125 Å². The molecule has 3 aromatic carbocycles. The predicted molar refractivity (Wildman–Crippen MR) is 181 cm³/mol. The molecule has 0 bridgehead atoms. The second kappa shape index (κ2) is 13.4. The van der Waals surface area contributed by atoms with Crippen molar-refractivity contribution in [1.29, 1.82) is 0 Å². The Morgan fingerprint density at radius 2 is 1.71 bits per heavy atom. The van der Waals surface area contributed by atoms with Crippen molar-refractivity contribution in [2.24, 2.45) is 0 Å². The Labute approximate surface area is 276 Å². The van der Waals surface area contributed by atoms with Gasteiger partial charge in [-0.15, -0.1) is 0 Å². The van der Waals surface area contributed by atoms with Gasteiger partial charge in [0.1, 0.15) is 23.2 Å². The van der Waals surface area contributed by atoms with E-state index in [9.17, 15) is 4.79 Å². The van der Waals surface area contributed by atoms with Crippen LogP contribution in [0.1, 0.15) is 32.0 Å². The lowest BCUT2D eigenvalue weighted by Crippen LogP contribution is -2.27. The van der Waals surface area contributed by atoms with E-state index in [2.05, 4.69) is 30.6 Å². The van der Waals surface area contributed by atoms with E-state index in [1.54, 1.807) is 65.3 Å². The maximum atomic E-state index is 15.7. The molecule has 1 amide bonds. The highest BCUT2D eigenvalue weighted by Gasteiger charge is 2.20. The van der Waals surface area contributed by atoms with Gasteiger partial charge in [-0.05, 0) is 87.4 Å². The Hall–Kier alpha value is -6.04. The van der Waals surface area contributed by atoms with Crippen LogP contribution in [0.15, 0.2) is 91.4 Å². The number of aromatic nitrogens is 5. The van der Waals surface area contributed by atoms with Crippen molar-refractivity contribution in [2.75, 3.05) is 17.7 Å². The number of nitrogens with one attached hydrogen (secondary N) is 2. The molecule has 6 aromatic rings. The number of rotatable bonds is 9. The molecular weight excluding hydrogens is 613 g/mol. The summed E-state index contributed by atoms with van der Waals surface area (Å²) < 4.78 is 33.9. The van der Waals surface area contributed by atoms with Gasteiger partial charge in [0.2, 0.25) is 0 Å². The van der Waals surface area contributed by atoms with Crippen LogP contribution in [0.5, 0.6) is 17.5 Å².